The van der Waals surface area contributed by atoms with Crippen molar-refractivity contribution in [3.8, 4) is 0 Å². The fourth-order valence-corrected chi connectivity index (χ4v) is 2.69. The van der Waals surface area contributed by atoms with Crippen molar-refractivity contribution in [2.75, 3.05) is 6.54 Å². The number of hydrogen-bond acceptors (Lipinski definition) is 2. The summed E-state index contributed by atoms with van der Waals surface area (Å²) in [5.41, 5.74) is 1.97. The Balaban J connectivity index is 2.92. The monoisotopic (exact) mass is 284 g/mol. The molecule has 0 aliphatic rings. The van der Waals surface area contributed by atoms with Gasteiger partial charge in [0, 0.05) is 0 Å². The molecule has 2 nitrogen and oxygen atoms in total. The maximum atomic E-state index is 10.0. The third-order valence-electron chi connectivity index (χ3n) is 4.06. The number of hydrogen-bond donors (Lipinski definition) is 1. The van der Waals surface area contributed by atoms with E-state index in [9.17, 15) is 5.21 Å². The summed E-state index contributed by atoms with van der Waals surface area (Å²) in [6.45, 7) is 5.28. The van der Waals surface area contributed by atoms with Crippen LogP contribution in [0.5, 0.6) is 0 Å². The van der Waals surface area contributed by atoms with Crippen LogP contribution >= 0.6 is 0 Å². The van der Waals surface area contributed by atoms with E-state index >= 15 is 0 Å². The summed E-state index contributed by atoms with van der Waals surface area (Å²) in [5.74, 6) is 0.881. The molecule has 0 aliphatic heterocycles. The summed E-state index contributed by atoms with van der Waals surface area (Å²) >= 11 is 0. The predicted molar refractivity (Wildman–Crippen MR) is 90.8 cm³/mol. The fraction of sp³-hybridized carbons (Fsp3) is 1.00. The van der Waals surface area contributed by atoms with Gasteiger partial charge in [0.25, 0.3) is 0 Å². The lowest BCUT2D eigenvalue weighted by Gasteiger charge is -2.06. The number of nitrogens with one attached hydrogen (secondary N) is 1. The molecule has 0 aliphatic carbocycles. The first-order valence-electron chi connectivity index (χ1n) is 9.12. The van der Waals surface area contributed by atoms with Crippen molar-refractivity contribution in [1.82, 2.24) is 5.48 Å². The van der Waals surface area contributed by atoms with Crippen molar-refractivity contribution >= 4 is 0 Å². The number of rotatable bonds is 16. The Kier molecular flexibility index (Phi) is 16.9. The van der Waals surface area contributed by atoms with Gasteiger partial charge in [0.15, 0.2) is 0 Å². The van der Waals surface area contributed by atoms with E-state index in [1.54, 1.807) is 0 Å². The zero-order valence-corrected chi connectivity index (χ0v) is 14.1. The first-order valence-corrected chi connectivity index (χ1v) is 9.12. The molecule has 20 heavy (non-hydrogen) atoms. The van der Waals surface area contributed by atoms with Crippen molar-refractivity contribution in [3.05, 3.63) is 5.21 Å². The summed E-state index contributed by atoms with van der Waals surface area (Å²) in [4.78, 5) is 0. The Morgan fingerprint density at radius 3 is 1.30 bits per heavy atom. The molecule has 0 aromatic rings. The van der Waals surface area contributed by atoms with Crippen LogP contribution in [0.25, 0.3) is 0 Å². The standard InChI is InChI=1S/C18H38NO/c1-18(2)16-14-12-10-8-6-4-3-5-7-9-11-13-15-17-19-20/h18-19H,3-17H2,1-2H3/q-1. The van der Waals surface area contributed by atoms with Crippen LogP contribution in [0.2, 0.25) is 0 Å². The molecule has 0 radical (unpaired) electrons. The Morgan fingerprint density at radius 2 is 0.950 bits per heavy atom. The number of hydroxylamine groups is 1. The highest BCUT2D eigenvalue weighted by atomic mass is 16.5. The van der Waals surface area contributed by atoms with Gasteiger partial charge in [-0.2, -0.15) is 0 Å². The minimum atomic E-state index is 0.636. The first kappa shape index (κ1) is 19.9. The first-order chi connectivity index (χ1) is 9.77. The molecule has 0 rings (SSSR count). The Bertz CT molecular complexity index is 171. The van der Waals surface area contributed by atoms with Crippen LogP contribution in [0.4, 0.5) is 0 Å². The van der Waals surface area contributed by atoms with Crippen LogP contribution in [0, 0.1) is 11.1 Å². The van der Waals surface area contributed by atoms with Gasteiger partial charge in [-0.3, -0.25) is 0 Å². The van der Waals surface area contributed by atoms with Crippen LogP contribution in [0.3, 0.4) is 0 Å². The molecule has 0 amide bonds. The quantitative estimate of drug-likeness (QED) is 0.271. The molecular formula is C18H38NO-. The van der Waals surface area contributed by atoms with Crippen LogP contribution in [0.15, 0.2) is 0 Å². The minimum absolute atomic E-state index is 0.636. The molecule has 0 unspecified atom stereocenters. The van der Waals surface area contributed by atoms with Crippen LogP contribution < -0.4 is 5.48 Å². The van der Waals surface area contributed by atoms with Gasteiger partial charge in [-0.25, -0.2) is 0 Å². The largest absolute Gasteiger partial charge is 0.788 e. The molecule has 1 N–H and O–H groups in total. The highest BCUT2D eigenvalue weighted by molar-refractivity contribution is 4.51. The molecule has 0 heterocycles. The van der Waals surface area contributed by atoms with Crippen molar-refractivity contribution in [1.29, 1.82) is 0 Å². The van der Waals surface area contributed by atoms with Gasteiger partial charge < -0.3 is 10.7 Å². The normalized spacial score (nSPS) is 11.4. The second-order valence-electron chi connectivity index (χ2n) is 6.67. The van der Waals surface area contributed by atoms with Crippen LogP contribution in [-0.4, -0.2) is 6.54 Å². The molecular weight excluding hydrogens is 246 g/mol. The number of unbranched alkanes of at least 4 members (excludes halogenated alkanes) is 12. The molecule has 0 aromatic carbocycles. The van der Waals surface area contributed by atoms with Gasteiger partial charge in [-0.1, -0.05) is 97.3 Å². The van der Waals surface area contributed by atoms with Crippen molar-refractivity contribution in [3.63, 3.8) is 0 Å². The molecule has 0 aromatic heterocycles. The van der Waals surface area contributed by atoms with E-state index < -0.39 is 0 Å². The average molecular weight is 285 g/mol. The second kappa shape index (κ2) is 17.0. The zero-order chi connectivity index (χ0) is 14.9. The lowest BCUT2D eigenvalue weighted by molar-refractivity contribution is 0.502. The molecule has 0 spiro atoms. The van der Waals surface area contributed by atoms with E-state index in [4.69, 9.17) is 0 Å². The Morgan fingerprint density at radius 1 is 0.600 bits per heavy atom. The molecule has 0 atom stereocenters. The maximum absolute atomic E-state index is 10.0. The smallest absolute Gasteiger partial charge is 0.0170 e. The Hall–Kier alpha value is -0.0800. The van der Waals surface area contributed by atoms with Crippen molar-refractivity contribution in [2.24, 2.45) is 5.92 Å². The minimum Gasteiger partial charge on any atom is -0.788 e. The van der Waals surface area contributed by atoms with Crippen LogP contribution in [0.1, 0.15) is 104 Å². The highest BCUT2D eigenvalue weighted by Gasteiger charge is 1.95. The zero-order valence-electron chi connectivity index (χ0n) is 14.1. The van der Waals surface area contributed by atoms with Gasteiger partial charge >= 0.3 is 0 Å². The van der Waals surface area contributed by atoms with Gasteiger partial charge in [0.1, 0.15) is 0 Å². The average Bonchev–Trinajstić information content (AvgIpc) is 2.43. The fourth-order valence-electron chi connectivity index (χ4n) is 2.69. The second-order valence-corrected chi connectivity index (χ2v) is 6.67. The third kappa shape index (κ3) is 17.9. The summed E-state index contributed by atoms with van der Waals surface area (Å²) in [5, 5.41) is 10.0. The summed E-state index contributed by atoms with van der Waals surface area (Å²) in [6.07, 6.45) is 19.2. The molecule has 0 saturated heterocycles. The van der Waals surface area contributed by atoms with Gasteiger partial charge in [-0.05, 0) is 18.9 Å². The van der Waals surface area contributed by atoms with E-state index in [1.807, 2.05) is 5.48 Å². The van der Waals surface area contributed by atoms with E-state index in [-0.39, 0.29) is 0 Å². The van der Waals surface area contributed by atoms with Gasteiger partial charge in [-0.15, -0.1) is 0 Å². The van der Waals surface area contributed by atoms with Crippen LogP contribution in [-0.2, 0) is 0 Å². The van der Waals surface area contributed by atoms with E-state index in [0.717, 1.165) is 12.3 Å². The summed E-state index contributed by atoms with van der Waals surface area (Å²) in [7, 11) is 0. The SMILES string of the molecule is CC(C)CCCCCCCCCCCCCCCN[O-]. The molecule has 0 bridgehead atoms. The molecule has 122 valence electrons. The van der Waals surface area contributed by atoms with Crippen molar-refractivity contribution < 1.29 is 0 Å². The molecule has 2 heteroatoms. The van der Waals surface area contributed by atoms with Crippen molar-refractivity contribution in [2.45, 2.75) is 104 Å². The summed E-state index contributed by atoms with van der Waals surface area (Å²) in [6, 6.07) is 0. The maximum Gasteiger partial charge on any atom is -0.0170 e. The van der Waals surface area contributed by atoms with E-state index in [2.05, 4.69) is 13.8 Å². The van der Waals surface area contributed by atoms with E-state index in [1.165, 1.54) is 83.5 Å². The topological polar surface area (TPSA) is 35.1 Å². The van der Waals surface area contributed by atoms with Gasteiger partial charge in [0.05, 0.1) is 0 Å². The summed E-state index contributed by atoms with van der Waals surface area (Å²) < 4.78 is 0. The molecule has 0 saturated carbocycles. The predicted octanol–water partition coefficient (Wildman–Crippen LogP) is 6.19. The Labute approximate surface area is 127 Å². The third-order valence-corrected chi connectivity index (χ3v) is 4.06. The lowest BCUT2D eigenvalue weighted by Crippen LogP contribution is -2.04. The van der Waals surface area contributed by atoms with E-state index in [0.29, 0.717) is 6.54 Å². The highest BCUT2D eigenvalue weighted by Crippen LogP contribution is 2.14. The molecule has 0 fully saturated rings. The lowest BCUT2D eigenvalue weighted by atomic mass is 10.0. The van der Waals surface area contributed by atoms with Gasteiger partial charge in [0.2, 0.25) is 0 Å².